The number of aliphatic hydroxyl groups excluding tert-OH is 5. The third kappa shape index (κ3) is 10.3. The van der Waals surface area contributed by atoms with Gasteiger partial charge in [0.1, 0.15) is 24.4 Å². The molecule has 35 heavy (non-hydrogen) atoms. The molecule has 4 unspecified atom stereocenters. The summed E-state index contributed by atoms with van der Waals surface area (Å²) >= 11 is 0. The molecule has 1 heterocycles. The van der Waals surface area contributed by atoms with Crippen molar-refractivity contribution in [3.8, 4) is 0 Å². The molecule has 1 aliphatic rings. The second-order valence-corrected chi connectivity index (χ2v) is 9.44. The number of ether oxygens (including phenoxy) is 2. The summed E-state index contributed by atoms with van der Waals surface area (Å²) in [7, 11) is 0. The van der Waals surface area contributed by atoms with E-state index in [0.717, 1.165) is 24.0 Å². The van der Waals surface area contributed by atoms with Crippen molar-refractivity contribution in [1.29, 1.82) is 0 Å². The highest BCUT2D eigenvalue weighted by atomic mass is 16.7. The molecule has 9 heteroatoms. The van der Waals surface area contributed by atoms with Gasteiger partial charge in [0, 0.05) is 5.57 Å². The van der Waals surface area contributed by atoms with Crippen LogP contribution in [0.4, 0.5) is 0 Å². The lowest BCUT2D eigenvalue weighted by Gasteiger charge is -2.42. The van der Waals surface area contributed by atoms with Crippen molar-refractivity contribution in [3.63, 3.8) is 0 Å². The van der Waals surface area contributed by atoms with Crippen LogP contribution in [0, 0.1) is 0 Å². The fourth-order valence-electron chi connectivity index (χ4n) is 3.72. The van der Waals surface area contributed by atoms with Gasteiger partial charge in [-0.25, -0.2) is 4.79 Å². The largest absolute Gasteiger partial charge is 0.478 e. The predicted octanol–water partition coefficient (Wildman–Crippen LogP) is 1.98. The Hall–Kier alpha value is -1.85. The van der Waals surface area contributed by atoms with Crippen LogP contribution < -0.4 is 0 Å². The van der Waals surface area contributed by atoms with Crippen LogP contribution in [0.1, 0.15) is 59.8 Å². The van der Waals surface area contributed by atoms with E-state index in [1.165, 1.54) is 13.0 Å². The van der Waals surface area contributed by atoms with E-state index >= 15 is 0 Å². The standard InChI is InChI=1S/C26H42O9/c1-6-26(5,35-25-23(31)22(30)21(29)20(15-27)34-25)12-8-11-16(2)9-7-10-17(3)13-19(28)14-18(4)24(32)33/h6,10-11,14,19-23,25,27-31H,1,7-9,12-13,15H2,2-5H3,(H,32,33)/b16-11+,17-10+,18-14+/t19?,20?,21-,22?,23?,25+,26-/m1/s1. The van der Waals surface area contributed by atoms with Crippen LogP contribution in [0.2, 0.25) is 0 Å². The molecule has 7 atom stereocenters. The summed E-state index contributed by atoms with van der Waals surface area (Å²) < 4.78 is 11.3. The molecule has 1 aliphatic heterocycles. The number of allylic oxidation sites excluding steroid dienone is 3. The number of hydrogen-bond acceptors (Lipinski definition) is 8. The van der Waals surface area contributed by atoms with E-state index in [9.17, 15) is 30.3 Å². The Bertz CT molecular complexity index is 786. The zero-order chi connectivity index (χ0) is 26.8. The number of carboxylic acids is 1. The zero-order valence-corrected chi connectivity index (χ0v) is 21.1. The molecule has 0 aromatic carbocycles. The third-order valence-corrected chi connectivity index (χ3v) is 6.14. The van der Waals surface area contributed by atoms with Crippen LogP contribution in [0.5, 0.6) is 0 Å². The van der Waals surface area contributed by atoms with Crippen molar-refractivity contribution in [2.45, 2.75) is 102 Å². The van der Waals surface area contributed by atoms with Gasteiger partial charge in [-0.2, -0.15) is 0 Å². The van der Waals surface area contributed by atoms with Gasteiger partial charge in [0.25, 0.3) is 0 Å². The van der Waals surface area contributed by atoms with Gasteiger partial charge >= 0.3 is 5.97 Å². The fourth-order valence-corrected chi connectivity index (χ4v) is 3.72. The maximum atomic E-state index is 10.8. The summed E-state index contributed by atoms with van der Waals surface area (Å²) in [6, 6.07) is 0. The number of aliphatic hydroxyl groups is 5. The first-order valence-electron chi connectivity index (χ1n) is 11.9. The smallest absolute Gasteiger partial charge is 0.331 e. The molecule has 9 nitrogen and oxygen atoms in total. The minimum Gasteiger partial charge on any atom is -0.478 e. The van der Waals surface area contributed by atoms with E-state index in [2.05, 4.69) is 12.7 Å². The Balaban J connectivity index is 2.57. The van der Waals surface area contributed by atoms with Gasteiger partial charge in [0.05, 0.1) is 18.3 Å². The van der Waals surface area contributed by atoms with Crippen molar-refractivity contribution in [2.75, 3.05) is 6.61 Å². The lowest BCUT2D eigenvalue weighted by atomic mass is 9.96. The lowest BCUT2D eigenvalue weighted by Crippen LogP contribution is -2.60. The van der Waals surface area contributed by atoms with E-state index in [4.69, 9.17) is 14.6 Å². The molecule has 1 saturated heterocycles. The molecule has 1 fully saturated rings. The molecule has 0 spiro atoms. The van der Waals surface area contributed by atoms with Gasteiger partial charge < -0.3 is 40.1 Å². The SMILES string of the molecule is C=C[C@](C)(CC/C=C(\C)CC/C=C(\C)CC(O)/C=C(\C)C(=O)O)O[C@@H]1OC(CO)[C@@H](O)C(O)C1O. The highest BCUT2D eigenvalue weighted by molar-refractivity contribution is 5.85. The quantitative estimate of drug-likeness (QED) is 0.156. The number of hydrogen-bond donors (Lipinski definition) is 6. The van der Waals surface area contributed by atoms with E-state index < -0.39 is 55.0 Å². The van der Waals surface area contributed by atoms with Gasteiger partial charge in [0.2, 0.25) is 0 Å². The summed E-state index contributed by atoms with van der Waals surface area (Å²) in [4.78, 5) is 10.8. The summed E-state index contributed by atoms with van der Waals surface area (Å²) in [5.74, 6) is -1.04. The Morgan fingerprint density at radius 1 is 1.09 bits per heavy atom. The van der Waals surface area contributed by atoms with Crippen LogP contribution in [-0.4, -0.2) is 85.6 Å². The minimum atomic E-state index is -1.50. The van der Waals surface area contributed by atoms with E-state index in [1.807, 2.05) is 19.9 Å². The lowest BCUT2D eigenvalue weighted by molar-refractivity contribution is -0.319. The Morgan fingerprint density at radius 3 is 2.29 bits per heavy atom. The Kier molecular flexibility index (Phi) is 13.0. The van der Waals surface area contributed by atoms with Crippen molar-refractivity contribution < 1.29 is 44.9 Å². The molecule has 0 saturated carbocycles. The normalized spacial score (nSPS) is 28.9. The summed E-state index contributed by atoms with van der Waals surface area (Å²) in [5, 5.41) is 58.3. The highest BCUT2D eigenvalue weighted by Crippen LogP contribution is 2.29. The third-order valence-electron chi connectivity index (χ3n) is 6.14. The maximum Gasteiger partial charge on any atom is 0.331 e. The summed E-state index contributed by atoms with van der Waals surface area (Å²) in [6.07, 6.45) is 2.68. The number of aliphatic carboxylic acids is 1. The average molecular weight is 499 g/mol. The molecule has 0 bridgehead atoms. The van der Waals surface area contributed by atoms with Crippen LogP contribution in [0.3, 0.4) is 0 Å². The van der Waals surface area contributed by atoms with E-state index in [1.54, 1.807) is 13.0 Å². The predicted molar refractivity (Wildman–Crippen MR) is 131 cm³/mol. The van der Waals surface area contributed by atoms with E-state index in [0.29, 0.717) is 19.3 Å². The van der Waals surface area contributed by atoms with Crippen molar-refractivity contribution in [2.24, 2.45) is 0 Å². The molecule has 0 aromatic rings. The number of carbonyl (C=O) groups is 1. The Labute approximate surface area is 207 Å². The molecular weight excluding hydrogens is 456 g/mol. The van der Waals surface area contributed by atoms with Crippen LogP contribution in [0.15, 0.2) is 47.6 Å². The first kappa shape index (κ1) is 31.2. The van der Waals surface area contributed by atoms with Crippen LogP contribution in [0.25, 0.3) is 0 Å². The molecule has 6 N–H and O–H groups in total. The van der Waals surface area contributed by atoms with Crippen LogP contribution >= 0.6 is 0 Å². The molecule has 0 amide bonds. The van der Waals surface area contributed by atoms with Gasteiger partial charge in [-0.15, -0.1) is 6.58 Å². The van der Waals surface area contributed by atoms with E-state index in [-0.39, 0.29) is 5.57 Å². The van der Waals surface area contributed by atoms with Crippen molar-refractivity contribution >= 4 is 5.97 Å². The minimum absolute atomic E-state index is 0.117. The van der Waals surface area contributed by atoms with Gasteiger partial charge in [-0.1, -0.05) is 29.4 Å². The molecule has 0 aliphatic carbocycles. The highest BCUT2D eigenvalue weighted by Gasteiger charge is 2.45. The van der Waals surface area contributed by atoms with Crippen LogP contribution in [-0.2, 0) is 14.3 Å². The molecule has 0 radical (unpaired) electrons. The average Bonchev–Trinajstić information content (AvgIpc) is 2.79. The maximum absolute atomic E-state index is 10.8. The topological polar surface area (TPSA) is 157 Å². The number of rotatable bonds is 14. The fraction of sp³-hybridized carbons (Fsp3) is 0.654. The molecule has 200 valence electrons. The zero-order valence-electron chi connectivity index (χ0n) is 21.1. The Morgan fingerprint density at radius 2 is 1.71 bits per heavy atom. The second kappa shape index (κ2) is 14.6. The first-order valence-corrected chi connectivity index (χ1v) is 11.9. The molecule has 1 rings (SSSR count). The van der Waals surface area contributed by atoms with Gasteiger partial charge in [-0.05, 0) is 65.9 Å². The number of carboxylic acid groups (broad SMARTS) is 1. The monoisotopic (exact) mass is 498 g/mol. The summed E-state index contributed by atoms with van der Waals surface area (Å²) in [5.41, 5.74) is 1.38. The van der Waals surface area contributed by atoms with Gasteiger partial charge in [-0.3, -0.25) is 0 Å². The van der Waals surface area contributed by atoms with Crippen molar-refractivity contribution in [1.82, 2.24) is 0 Å². The summed E-state index contributed by atoms with van der Waals surface area (Å²) in [6.45, 7) is 10.4. The second-order valence-electron chi connectivity index (χ2n) is 9.44. The first-order chi connectivity index (χ1) is 16.3. The van der Waals surface area contributed by atoms with Crippen molar-refractivity contribution in [3.05, 3.63) is 47.6 Å². The molecular formula is C26H42O9. The van der Waals surface area contributed by atoms with Gasteiger partial charge in [0.15, 0.2) is 6.29 Å². The molecule has 0 aromatic heterocycles.